The maximum Gasteiger partial charge on any atom is 0.287 e. The van der Waals surface area contributed by atoms with Gasteiger partial charge in [-0.3, -0.25) is 4.79 Å². The van der Waals surface area contributed by atoms with Crippen LogP contribution in [0, 0.1) is 0 Å². The summed E-state index contributed by atoms with van der Waals surface area (Å²) in [5.41, 5.74) is 2.35. The van der Waals surface area contributed by atoms with Crippen molar-refractivity contribution in [3.8, 4) is 0 Å². The summed E-state index contributed by atoms with van der Waals surface area (Å²) in [5, 5.41) is 2.95. The number of benzene rings is 2. The Bertz CT molecular complexity index is 666. The fraction of sp³-hybridized carbons (Fsp3) is 0.105. The molecule has 2 aromatic carbocycles. The van der Waals surface area contributed by atoms with E-state index in [4.69, 9.17) is 4.42 Å². The van der Waals surface area contributed by atoms with Crippen LogP contribution in [0.1, 0.15) is 27.6 Å². The van der Waals surface area contributed by atoms with Crippen LogP contribution in [0.15, 0.2) is 83.5 Å². The Labute approximate surface area is 129 Å². The molecule has 1 heterocycles. The van der Waals surface area contributed by atoms with E-state index >= 15 is 0 Å². The zero-order valence-electron chi connectivity index (χ0n) is 12.1. The molecule has 22 heavy (non-hydrogen) atoms. The van der Waals surface area contributed by atoms with Crippen LogP contribution in [-0.2, 0) is 0 Å². The number of amides is 1. The molecule has 0 radical (unpaired) electrons. The van der Waals surface area contributed by atoms with E-state index in [1.54, 1.807) is 12.1 Å². The second kappa shape index (κ2) is 6.76. The fourth-order valence-corrected chi connectivity index (χ4v) is 2.49. The Morgan fingerprint density at radius 2 is 1.45 bits per heavy atom. The molecule has 0 bridgehead atoms. The Balaban J connectivity index is 1.79. The van der Waals surface area contributed by atoms with E-state index in [1.165, 1.54) is 17.4 Å². The average Bonchev–Trinajstić information content (AvgIpc) is 3.11. The number of carbonyl (C=O) groups is 1. The summed E-state index contributed by atoms with van der Waals surface area (Å²) >= 11 is 0. The third-order valence-corrected chi connectivity index (χ3v) is 3.62. The molecule has 3 rings (SSSR count). The molecule has 3 heteroatoms. The molecule has 110 valence electrons. The third kappa shape index (κ3) is 3.26. The van der Waals surface area contributed by atoms with Crippen LogP contribution in [0.2, 0.25) is 0 Å². The minimum atomic E-state index is -0.193. The number of hydrogen-bond donors (Lipinski definition) is 1. The van der Waals surface area contributed by atoms with Gasteiger partial charge in [0.15, 0.2) is 5.76 Å². The molecule has 1 amide bonds. The van der Waals surface area contributed by atoms with Crippen molar-refractivity contribution in [1.82, 2.24) is 5.32 Å². The predicted molar refractivity (Wildman–Crippen MR) is 85.8 cm³/mol. The van der Waals surface area contributed by atoms with Gasteiger partial charge >= 0.3 is 0 Å². The average molecular weight is 291 g/mol. The van der Waals surface area contributed by atoms with Gasteiger partial charge in [0, 0.05) is 12.5 Å². The monoisotopic (exact) mass is 291 g/mol. The first-order valence-corrected chi connectivity index (χ1v) is 7.26. The molecule has 1 aromatic heterocycles. The normalized spacial score (nSPS) is 10.6. The number of furan rings is 1. The number of nitrogens with one attached hydrogen (secondary N) is 1. The molecule has 0 spiro atoms. The number of hydrogen-bond acceptors (Lipinski definition) is 2. The molecule has 3 nitrogen and oxygen atoms in total. The summed E-state index contributed by atoms with van der Waals surface area (Å²) in [6.07, 6.45) is 1.50. The molecule has 0 atom stereocenters. The zero-order valence-corrected chi connectivity index (χ0v) is 12.1. The molecule has 0 aliphatic carbocycles. The highest BCUT2D eigenvalue weighted by molar-refractivity contribution is 5.91. The first kappa shape index (κ1) is 14.1. The van der Waals surface area contributed by atoms with Crippen molar-refractivity contribution in [1.29, 1.82) is 0 Å². The molecule has 1 N–H and O–H groups in total. The van der Waals surface area contributed by atoms with Gasteiger partial charge in [0.2, 0.25) is 0 Å². The summed E-state index contributed by atoms with van der Waals surface area (Å²) in [7, 11) is 0. The van der Waals surface area contributed by atoms with Gasteiger partial charge in [0.25, 0.3) is 5.91 Å². The highest BCUT2D eigenvalue weighted by Crippen LogP contribution is 2.23. The van der Waals surface area contributed by atoms with Crippen molar-refractivity contribution >= 4 is 5.91 Å². The Morgan fingerprint density at radius 3 is 1.95 bits per heavy atom. The summed E-state index contributed by atoms with van der Waals surface area (Å²) in [5.74, 6) is 0.253. The minimum Gasteiger partial charge on any atom is -0.459 e. The van der Waals surface area contributed by atoms with Crippen LogP contribution in [-0.4, -0.2) is 12.5 Å². The van der Waals surface area contributed by atoms with Gasteiger partial charge < -0.3 is 9.73 Å². The van der Waals surface area contributed by atoms with Gasteiger partial charge in [0.1, 0.15) is 0 Å². The molecular weight excluding hydrogens is 274 g/mol. The molecule has 0 saturated heterocycles. The van der Waals surface area contributed by atoms with Crippen molar-refractivity contribution in [3.05, 3.63) is 95.9 Å². The lowest BCUT2D eigenvalue weighted by atomic mass is 9.91. The molecule has 0 aliphatic rings. The Hall–Kier alpha value is -2.81. The smallest absolute Gasteiger partial charge is 0.287 e. The second-order valence-electron chi connectivity index (χ2n) is 5.06. The van der Waals surface area contributed by atoms with Gasteiger partial charge in [-0.15, -0.1) is 0 Å². The van der Waals surface area contributed by atoms with Crippen molar-refractivity contribution < 1.29 is 9.21 Å². The van der Waals surface area contributed by atoms with E-state index in [9.17, 15) is 4.79 Å². The third-order valence-electron chi connectivity index (χ3n) is 3.62. The van der Waals surface area contributed by atoms with Crippen molar-refractivity contribution in [2.24, 2.45) is 0 Å². The SMILES string of the molecule is O=C(NCC(c1ccccc1)c1ccccc1)c1ccco1. The summed E-state index contributed by atoms with van der Waals surface area (Å²) in [4.78, 5) is 12.1. The largest absolute Gasteiger partial charge is 0.459 e. The van der Waals surface area contributed by atoms with Crippen LogP contribution in [0.3, 0.4) is 0 Å². The topological polar surface area (TPSA) is 42.2 Å². The summed E-state index contributed by atoms with van der Waals surface area (Å²) < 4.78 is 5.13. The number of rotatable bonds is 5. The van der Waals surface area contributed by atoms with E-state index in [0.717, 1.165) is 0 Å². The van der Waals surface area contributed by atoms with E-state index in [1.807, 2.05) is 36.4 Å². The van der Waals surface area contributed by atoms with E-state index in [0.29, 0.717) is 12.3 Å². The van der Waals surface area contributed by atoms with E-state index in [-0.39, 0.29) is 11.8 Å². The van der Waals surface area contributed by atoms with Gasteiger partial charge in [-0.1, -0.05) is 60.7 Å². The van der Waals surface area contributed by atoms with E-state index < -0.39 is 0 Å². The Kier molecular flexibility index (Phi) is 4.35. The van der Waals surface area contributed by atoms with Gasteiger partial charge in [-0.05, 0) is 23.3 Å². The van der Waals surface area contributed by atoms with E-state index in [2.05, 4.69) is 29.6 Å². The van der Waals surface area contributed by atoms with Gasteiger partial charge in [-0.2, -0.15) is 0 Å². The molecule has 0 aliphatic heterocycles. The maximum atomic E-state index is 12.1. The van der Waals surface area contributed by atoms with Crippen molar-refractivity contribution in [3.63, 3.8) is 0 Å². The quantitative estimate of drug-likeness (QED) is 0.776. The zero-order chi connectivity index (χ0) is 15.2. The highest BCUT2D eigenvalue weighted by atomic mass is 16.3. The predicted octanol–water partition coefficient (Wildman–Crippen LogP) is 3.84. The second-order valence-corrected chi connectivity index (χ2v) is 5.06. The number of carbonyl (C=O) groups excluding carboxylic acids is 1. The fourth-order valence-electron chi connectivity index (χ4n) is 2.49. The standard InChI is InChI=1S/C19H17NO2/c21-19(18-12-7-13-22-18)20-14-17(15-8-3-1-4-9-15)16-10-5-2-6-11-16/h1-13,17H,14H2,(H,20,21). The van der Waals surface area contributed by atoms with Crippen LogP contribution in [0.5, 0.6) is 0 Å². The maximum absolute atomic E-state index is 12.1. The van der Waals surface area contributed by atoms with Gasteiger partial charge in [-0.25, -0.2) is 0 Å². The van der Waals surface area contributed by atoms with Crippen LogP contribution < -0.4 is 5.32 Å². The van der Waals surface area contributed by atoms with Crippen molar-refractivity contribution in [2.45, 2.75) is 5.92 Å². The van der Waals surface area contributed by atoms with Crippen LogP contribution >= 0.6 is 0 Å². The lowest BCUT2D eigenvalue weighted by Crippen LogP contribution is -2.28. The summed E-state index contributed by atoms with van der Waals surface area (Å²) in [6, 6.07) is 23.7. The first-order valence-electron chi connectivity index (χ1n) is 7.26. The van der Waals surface area contributed by atoms with Crippen LogP contribution in [0.25, 0.3) is 0 Å². The lowest BCUT2D eigenvalue weighted by Gasteiger charge is -2.18. The minimum absolute atomic E-state index is 0.112. The lowest BCUT2D eigenvalue weighted by molar-refractivity contribution is 0.0925. The van der Waals surface area contributed by atoms with Gasteiger partial charge in [0.05, 0.1) is 6.26 Å². The highest BCUT2D eigenvalue weighted by Gasteiger charge is 2.16. The molecule has 3 aromatic rings. The molecular formula is C19H17NO2. The van der Waals surface area contributed by atoms with Crippen molar-refractivity contribution in [2.75, 3.05) is 6.54 Å². The summed E-state index contributed by atoms with van der Waals surface area (Å²) in [6.45, 7) is 0.521. The van der Waals surface area contributed by atoms with Crippen LogP contribution in [0.4, 0.5) is 0 Å². The first-order chi connectivity index (χ1) is 10.8. The molecule has 0 saturated carbocycles. The Morgan fingerprint density at radius 1 is 0.864 bits per heavy atom. The molecule has 0 unspecified atom stereocenters. The molecule has 0 fully saturated rings.